The molecular formula is C23H19NO2. The number of aliphatic imine (C=N–C) groups is 1. The van der Waals surface area contributed by atoms with Crippen LogP contribution >= 0.6 is 0 Å². The van der Waals surface area contributed by atoms with E-state index in [1.165, 1.54) is 0 Å². The summed E-state index contributed by atoms with van der Waals surface area (Å²) >= 11 is 0. The lowest BCUT2D eigenvalue weighted by atomic mass is 9.68. The summed E-state index contributed by atoms with van der Waals surface area (Å²) in [5, 5.41) is 0. The van der Waals surface area contributed by atoms with E-state index in [1.807, 2.05) is 36.4 Å². The number of Topliss-reactive ketones (excluding diaryl/α,β-unsaturated/α-hetero) is 2. The molecule has 0 radical (unpaired) electrons. The molecular weight excluding hydrogens is 322 g/mol. The molecule has 0 N–H and O–H groups in total. The van der Waals surface area contributed by atoms with Crippen molar-refractivity contribution in [2.75, 3.05) is 0 Å². The van der Waals surface area contributed by atoms with Gasteiger partial charge in [0.2, 0.25) is 0 Å². The summed E-state index contributed by atoms with van der Waals surface area (Å²) in [5.41, 5.74) is 6.28. The van der Waals surface area contributed by atoms with Crippen LogP contribution in [0.25, 0.3) is 5.70 Å². The van der Waals surface area contributed by atoms with Gasteiger partial charge in [0.25, 0.3) is 0 Å². The SMILES string of the molecule is Cc1ccccc1[C@H]1C2=C(N=C3CCCC(=O)[C@H]31)c1ccccc1C2=O. The minimum atomic E-state index is -0.290. The highest BCUT2D eigenvalue weighted by molar-refractivity contribution is 6.25. The minimum absolute atomic E-state index is 0.0324. The molecule has 3 aliphatic rings. The molecule has 1 aliphatic heterocycles. The zero-order valence-electron chi connectivity index (χ0n) is 14.7. The number of rotatable bonds is 1. The van der Waals surface area contributed by atoms with Gasteiger partial charge in [-0.05, 0) is 30.9 Å². The van der Waals surface area contributed by atoms with Crippen molar-refractivity contribution in [3.8, 4) is 0 Å². The average molecular weight is 341 g/mol. The Bertz CT molecular complexity index is 1030. The summed E-state index contributed by atoms with van der Waals surface area (Å²) in [6.07, 6.45) is 2.27. The molecule has 1 heterocycles. The quantitative estimate of drug-likeness (QED) is 0.766. The predicted octanol–water partition coefficient (Wildman–Crippen LogP) is 4.51. The van der Waals surface area contributed by atoms with Gasteiger partial charge in [-0.2, -0.15) is 0 Å². The number of benzene rings is 2. The maximum atomic E-state index is 13.3. The Morgan fingerprint density at radius 2 is 1.62 bits per heavy atom. The average Bonchev–Trinajstić information content (AvgIpc) is 2.94. The molecule has 2 atom stereocenters. The summed E-state index contributed by atoms with van der Waals surface area (Å²) in [4.78, 5) is 31.0. The van der Waals surface area contributed by atoms with Crippen LogP contribution in [0.5, 0.6) is 0 Å². The molecule has 0 amide bonds. The van der Waals surface area contributed by atoms with Crippen molar-refractivity contribution in [1.82, 2.24) is 0 Å². The lowest BCUT2D eigenvalue weighted by molar-refractivity contribution is -0.121. The Morgan fingerprint density at radius 1 is 0.885 bits per heavy atom. The lowest BCUT2D eigenvalue weighted by Gasteiger charge is -2.35. The van der Waals surface area contributed by atoms with Gasteiger partial charge in [0.15, 0.2) is 5.78 Å². The maximum absolute atomic E-state index is 13.3. The molecule has 2 aliphatic carbocycles. The van der Waals surface area contributed by atoms with Crippen molar-refractivity contribution in [2.24, 2.45) is 10.9 Å². The summed E-state index contributed by atoms with van der Waals surface area (Å²) < 4.78 is 0. The van der Waals surface area contributed by atoms with Crippen LogP contribution in [0, 0.1) is 12.8 Å². The van der Waals surface area contributed by atoms with Crippen LogP contribution in [0.3, 0.4) is 0 Å². The fourth-order valence-corrected chi connectivity index (χ4v) is 4.72. The van der Waals surface area contributed by atoms with E-state index in [0.717, 1.165) is 40.9 Å². The first kappa shape index (κ1) is 15.4. The molecule has 26 heavy (non-hydrogen) atoms. The zero-order valence-corrected chi connectivity index (χ0v) is 14.7. The number of carbonyl (C=O) groups excluding carboxylic acids is 2. The van der Waals surface area contributed by atoms with E-state index in [4.69, 9.17) is 4.99 Å². The molecule has 0 spiro atoms. The number of aryl methyl sites for hydroxylation is 1. The fourth-order valence-electron chi connectivity index (χ4n) is 4.72. The second-order valence-corrected chi connectivity index (χ2v) is 7.37. The molecule has 0 saturated heterocycles. The van der Waals surface area contributed by atoms with E-state index >= 15 is 0 Å². The van der Waals surface area contributed by atoms with Gasteiger partial charge >= 0.3 is 0 Å². The van der Waals surface area contributed by atoms with Gasteiger partial charge in [-0.3, -0.25) is 14.6 Å². The second kappa shape index (κ2) is 5.60. The molecule has 0 aromatic heterocycles. The van der Waals surface area contributed by atoms with Gasteiger partial charge in [0.05, 0.1) is 11.6 Å². The van der Waals surface area contributed by atoms with Gasteiger partial charge in [-0.15, -0.1) is 0 Å². The normalized spacial score (nSPS) is 24.1. The number of allylic oxidation sites excluding steroid dienone is 1. The number of hydrogen-bond donors (Lipinski definition) is 0. The Kier molecular flexibility index (Phi) is 3.33. The molecule has 128 valence electrons. The fraction of sp³-hybridized carbons (Fsp3) is 0.261. The monoisotopic (exact) mass is 341 g/mol. The Morgan fingerprint density at radius 3 is 2.42 bits per heavy atom. The summed E-state index contributed by atoms with van der Waals surface area (Å²) in [5.74, 6) is -0.253. The van der Waals surface area contributed by atoms with Gasteiger partial charge < -0.3 is 0 Å². The zero-order chi connectivity index (χ0) is 17.8. The first-order valence-electron chi connectivity index (χ1n) is 9.21. The van der Waals surface area contributed by atoms with Crippen LogP contribution in [0.2, 0.25) is 0 Å². The standard InChI is InChI=1S/C23H19NO2/c1-13-7-2-3-8-14(13)19-20-17(11-6-12-18(20)25)24-22-15-9-4-5-10-16(15)23(26)21(19)22/h2-5,7-10,19-20H,6,11-12H2,1H3/t19-,20+/m1/s1. The first-order chi connectivity index (χ1) is 12.7. The van der Waals surface area contributed by atoms with Crippen LogP contribution in [0.4, 0.5) is 0 Å². The number of hydrogen-bond acceptors (Lipinski definition) is 3. The Labute approximate surface area is 152 Å². The second-order valence-electron chi connectivity index (χ2n) is 7.37. The first-order valence-corrected chi connectivity index (χ1v) is 9.21. The van der Waals surface area contributed by atoms with E-state index < -0.39 is 0 Å². The largest absolute Gasteiger partial charge is 0.299 e. The molecule has 3 nitrogen and oxygen atoms in total. The maximum Gasteiger partial charge on any atom is 0.192 e. The van der Waals surface area contributed by atoms with E-state index in [9.17, 15) is 9.59 Å². The van der Waals surface area contributed by atoms with Crippen molar-refractivity contribution in [1.29, 1.82) is 0 Å². The predicted molar refractivity (Wildman–Crippen MR) is 101 cm³/mol. The van der Waals surface area contributed by atoms with E-state index in [0.29, 0.717) is 17.6 Å². The summed E-state index contributed by atoms with van der Waals surface area (Å²) in [6.45, 7) is 2.06. The molecule has 5 rings (SSSR count). The van der Waals surface area contributed by atoms with Gasteiger partial charge in [0, 0.05) is 34.8 Å². The molecule has 0 bridgehead atoms. The number of carbonyl (C=O) groups is 2. The molecule has 1 saturated carbocycles. The molecule has 3 heteroatoms. The van der Waals surface area contributed by atoms with Gasteiger partial charge in [0.1, 0.15) is 5.78 Å². The van der Waals surface area contributed by atoms with Crippen molar-refractivity contribution >= 4 is 23.0 Å². The van der Waals surface area contributed by atoms with Crippen LogP contribution in [-0.4, -0.2) is 17.3 Å². The van der Waals surface area contributed by atoms with Crippen LogP contribution in [0.1, 0.15) is 52.2 Å². The van der Waals surface area contributed by atoms with E-state index in [1.54, 1.807) is 0 Å². The van der Waals surface area contributed by atoms with Gasteiger partial charge in [-0.1, -0.05) is 48.5 Å². The van der Waals surface area contributed by atoms with E-state index in [-0.39, 0.29) is 23.4 Å². The lowest BCUT2D eigenvalue weighted by Crippen LogP contribution is -2.38. The third kappa shape index (κ3) is 2.03. The number of ketones is 2. The highest BCUT2D eigenvalue weighted by Crippen LogP contribution is 2.50. The van der Waals surface area contributed by atoms with Crippen LogP contribution in [-0.2, 0) is 4.79 Å². The van der Waals surface area contributed by atoms with Gasteiger partial charge in [-0.25, -0.2) is 0 Å². The van der Waals surface area contributed by atoms with E-state index in [2.05, 4.69) is 19.1 Å². The summed E-state index contributed by atoms with van der Waals surface area (Å²) in [7, 11) is 0. The Balaban J connectivity index is 1.79. The molecule has 0 unspecified atom stereocenters. The van der Waals surface area contributed by atoms with Crippen LogP contribution in [0.15, 0.2) is 59.1 Å². The van der Waals surface area contributed by atoms with Crippen molar-refractivity contribution < 1.29 is 9.59 Å². The van der Waals surface area contributed by atoms with Crippen molar-refractivity contribution in [3.63, 3.8) is 0 Å². The van der Waals surface area contributed by atoms with Crippen LogP contribution < -0.4 is 0 Å². The topological polar surface area (TPSA) is 46.5 Å². The number of nitrogens with zero attached hydrogens (tertiary/aromatic N) is 1. The third-order valence-corrected chi connectivity index (χ3v) is 5.91. The third-order valence-electron chi connectivity index (χ3n) is 5.91. The highest BCUT2D eigenvalue weighted by Gasteiger charge is 2.47. The van der Waals surface area contributed by atoms with Crippen molar-refractivity contribution in [2.45, 2.75) is 32.1 Å². The number of fused-ring (bicyclic) bond motifs is 3. The highest BCUT2D eigenvalue weighted by atomic mass is 16.1. The molecule has 2 aromatic carbocycles. The smallest absolute Gasteiger partial charge is 0.192 e. The van der Waals surface area contributed by atoms with Crippen molar-refractivity contribution in [3.05, 3.63) is 76.4 Å². The molecule has 2 aromatic rings. The Hall–Kier alpha value is -2.81. The minimum Gasteiger partial charge on any atom is -0.299 e. The summed E-state index contributed by atoms with van der Waals surface area (Å²) in [6, 6.07) is 15.8. The molecule has 1 fully saturated rings.